The minimum Gasteiger partial charge on any atom is -0.493 e. The van der Waals surface area contributed by atoms with Crippen LogP contribution in [0.25, 0.3) is 0 Å². The van der Waals surface area contributed by atoms with Crippen LogP contribution in [0.1, 0.15) is 37.8 Å². The van der Waals surface area contributed by atoms with Crippen molar-refractivity contribution in [3.05, 3.63) is 83.6 Å². The van der Waals surface area contributed by atoms with E-state index in [1.807, 2.05) is 0 Å². The zero-order valence-electron chi connectivity index (χ0n) is 19.7. The number of carbonyl (C=O) groups excluding carboxylic acids is 2. The monoisotopic (exact) mass is 484 g/mol. The van der Waals surface area contributed by atoms with E-state index in [1.54, 1.807) is 38.1 Å². The average Bonchev–Trinajstić information content (AvgIpc) is 2.82. The van der Waals surface area contributed by atoms with E-state index in [-0.39, 0.29) is 17.3 Å². The van der Waals surface area contributed by atoms with Crippen molar-refractivity contribution in [2.45, 2.75) is 38.8 Å². The second kappa shape index (κ2) is 11.4. The molecule has 7 nitrogen and oxygen atoms in total. The zero-order chi connectivity index (χ0) is 25.5. The summed E-state index contributed by atoms with van der Waals surface area (Å²) < 4.78 is 43.2. The molecule has 0 radical (unpaired) electrons. The molecule has 0 aliphatic carbocycles. The summed E-state index contributed by atoms with van der Waals surface area (Å²) in [7, 11) is 1.41. The van der Waals surface area contributed by atoms with Gasteiger partial charge in [-0.15, -0.1) is 0 Å². The Morgan fingerprint density at radius 1 is 0.914 bits per heavy atom. The van der Waals surface area contributed by atoms with E-state index in [1.165, 1.54) is 50.6 Å². The number of aromatic nitrogens is 1. The summed E-state index contributed by atoms with van der Waals surface area (Å²) in [4.78, 5) is 28.6. The van der Waals surface area contributed by atoms with Gasteiger partial charge >= 0.3 is 11.9 Å². The Kier molecular flexibility index (Phi) is 8.35. The highest BCUT2D eigenvalue weighted by Crippen LogP contribution is 2.34. The number of methoxy groups -OCH3 is 1. The number of hydrogen-bond acceptors (Lipinski definition) is 7. The van der Waals surface area contributed by atoms with E-state index >= 15 is 0 Å². The van der Waals surface area contributed by atoms with Crippen molar-refractivity contribution in [3.63, 3.8) is 0 Å². The van der Waals surface area contributed by atoms with Gasteiger partial charge in [-0.05, 0) is 49.2 Å². The Balaban J connectivity index is 1.81. The van der Waals surface area contributed by atoms with E-state index in [2.05, 4.69) is 10.3 Å². The smallest absolute Gasteiger partial charge is 0.328 e. The van der Waals surface area contributed by atoms with Crippen molar-refractivity contribution in [2.75, 3.05) is 12.4 Å². The molecular formula is C26H26F2N2O5. The highest BCUT2D eigenvalue weighted by molar-refractivity contribution is 5.80. The van der Waals surface area contributed by atoms with Gasteiger partial charge in [-0.25, -0.2) is 18.6 Å². The van der Waals surface area contributed by atoms with Crippen LogP contribution >= 0.6 is 0 Å². The first-order chi connectivity index (χ1) is 16.7. The van der Waals surface area contributed by atoms with Crippen LogP contribution < -0.4 is 14.8 Å². The molecule has 0 saturated heterocycles. The molecule has 0 unspecified atom stereocenters. The summed E-state index contributed by atoms with van der Waals surface area (Å²) in [5.41, 5.74) is 1.40. The van der Waals surface area contributed by atoms with Gasteiger partial charge in [0.1, 0.15) is 23.8 Å². The van der Waals surface area contributed by atoms with Gasteiger partial charge in [0.05, 0.1) is 7.11 Å². The first-order valence-corrected chi connectivity index (χ1v) is 10.9. The number of anilines is 1. The Morgan fingerprint density at radius 2 is 1.46 bits per heavy atom. The molecule has 3 rings (SSSR count). The molecular weight excluding hydrogens is 458 g/mol. The molecule has 0 amide bonds. The summed E-state index contributed by atoms with van der Waals surface area (Å²) >= 11 is 0. The maximum Gasteiger partial charge on any atom is 0.328 e. The number of nitrogens with one attached hydrogen (secondary N) is 1. The van der Waals surface area contributed by atoms with Crippen molar-refractivity contribution >= 4 is 17.8 Å². The third-order valence-electron chi connectivity index (χ3n) is 5.27. The van der Waals surface area contributed by atoms with Crippen LogP contribution in [0.5, 0.6) is 11.5 Å². The van der Waals surface area contributed by atoms with Gasteiger partial charge in [0.25, 0.3) is 0 Å². The van der Waals surface area contributed by atoms with Gasteiger partial charge in [0.2, 0.25) is 5.75 Å². The van der Waals surface area contributed by atoms with Crippen molar-refractivity contribution in [3.8, 4) is 11.5 Å². The largest absolute Gasteiger partial charge is 0.493 e. The molecule has 1 heterocycles. The number of nitrogens with zero attached hydrogens (tertiary/aromatic N) is 1. The van der Waals surface area contributed by atoms with Crippen LogP contribution in [0.2, 0.25) is 0 Å². The lowest BCUT2D eigenvalue weighted by atomic mass is 9.87. The summed E-state index contributed by atoms with van der Waals surface area (Å²) in [6.45, 7) is 4.51. The number of rotatable bonds is 9. The van der Waals surface area contributed by atoms with Gasteiger partial charge in [-0.1, -0.05) is 24.3 Å². The maximum absolute atomic E-state index is 13.5. The Bertz CT molecular complexity index is 1120. The Labute approximate surface area is 202 Å². The van der Waals surface area contributed by atoms with Gasteiger partial charge in [-0.3, -0.25) is 4.79 Å². The average molecular weight is 484 g/mol. The van der Waals surface area contributed by atoms with E-state index < -0.39 is 41.6 Å². The molecule has 35 heavy (non-hydrogen) atoms. The van der Waals surface area contributed by atoms with Crippen LogP contribution in [-0.4, -0.2) is 36.2 Å². The van der Waals surface area contributed by atoms with Crippen LogP contribution in [0.4, 0.5) is 14.6 Å². The Hall–Kier alpha value is -4.01. The fourth-order valence-electron chi connectivity index (χ4n) is 3.63. The predicted molar refractivity (Wildman–Crippen MR) is 125 cm³/mol. The van der Waals surface area contributed by atoms with Crippen molar-refractivity contribution in [2.24, 2.45) is 0 Å². The van der Waals surface area contributed by atoms with Gasteiger partial charge in [0, 0.05) is 25.1 Å². The SMILES string of the molecule is COc1ccnc(N[C@@H](C)C(=O)O[C@@H](C)C(c2ccc(F)cc2)c2ccc(F)cc2)c1OC(C)=O. The predicted octanol–water partition coefficient (Wildman–Crippen LogP) is 4.86. The number of halogens is 2. The highest BCUT2D eigenvalue weighted by Gasteiger charge is 2.28. The molecule has 0 spiro atoms. The highest BCUT2D eigenvalue weighted by atomic mass is 19.1. The van der Waals surface area contributed by atoms with E-state index in [0.717, 1.165) is 0 Å². The quantitative estimate of drug-likeness (QED) is 0.434. The molecule has 1 aromatic heterocycles. The third kappa shape index (κ3) is 6.53. The minimum atomic E-state index is -0.881. The van der Waals surface area contributed by atoms with Crippen LogP contribution in [0, 0.1) is 11.6 Å². The fraction of sp³-hybridized carbons (Fsp3) is 0.269. The normalized spacial score (nSPS) is 12.5. The lowest BCUT2D eigenvalue weighted by Crippen LogP contribution is -2.33. The number of esters is 2. The summed E-state index contributed by atoms with van der Waals surface area (Å²) in [6.07, 6.45) is 0.752. The first-order valence-electron chi connectivity index (χ1n) is 10.9. The molecule has 1 N–H and O–H groups in total. The van der Waals surface area contributed by atoms with Crippen LogP contribution in [-0.2, 0) is 14.3 Å². The second-order valence-corrected chi connectivity index (χ2v) is 7.87. The number of carbonyl (C=O) groups is 2. The van der Waals surface area contributed by atoms with Crippen molar-refractivity contribution in [1.29, 1.82) is 0 Å². The van der Waals surface area contributed by atoms with E-state index in [0.29, 0.717) is 11.1 Å². The molecule has 2 aromatic carbocycles. The summed E-state index contributed by atoms with van der Waals surface area (Å²) in [6, 6.07) is 12.3. The molecule has 0 aliphatic rings. The van der Waals surface area contributed by atoms with Crippen LogP contribution in [0.15, 0.2) is 60.8 Å². The van der Waals surface area contributed by atoms with Crippen LogP contribution in [0.3, 0.4) is 0 Å². The summed E-state index contributed by atoms with van der Waals surface area (Å²) in [5, 5.41) is 2.89. The van der Waals surface area contributed by atoms with Crippen molar-refractivity contribution in [1.82, 2.24) is 4.98 Å². The first kappa shape index (κ1) is 25.6. The zero-order valence-corrected chi connectivity index (χ0v) is 19.7. The maximum atomic E-state index is 13.5. The molecule has 9 heteroatoms. The van der Waals surface area contributed by atoms with Gasteiger partial charge < -0.3 is 19.5 Å². The molecule has 2 atom stereocenters. The lowest BCUT2D eigenvalue weighted by molar-refractivity contribution is -0.149. The molecule has 0 aliphatic heterocycles. The number of benzene rings is 2. The molecule has 3 aromatic rings. The molecule has 0 saturated carbocycles. The van der Waals surface area contributed by atoms with Gasteiger partial charge in [0.15, 0.2) is 11.6 Å². The standard InChI is InChI=1S/C26H26F2N2O5/c1-15(30-25-24(35-17(3)31)22(33-4)13-14-29-25)26(32)34-16(2)23(18-5-9-20(27)10-6-18)19-7-11-21(28)12-8-19/h5-16,23H,1-4H3,(H,29,30)/t15-,16-/m0/s1. The molecule has 0 fully saturated rings. The molecule has 0 bridgehead atoms. The summed E-state index contributed by atoms with van der Waals surface area (Å²) in [5.74, 6) is -2.02. The van der Waals surface area contributed by atoms with Crippen molar-refractivity contribution < 1.29 is 32.6 Å². The minimum absolute atomic E-state index is 0.0469. The van der Waals surface area contributed by atoms with Gasteiger partial charge in [-0.2, -0.15) is 0 Å². The lowest BCUT2D eigenvalue weighted by Gasteiger charge is -2.27. The second-order valence-electron chi connectivity index (χ2n) is 7.87. The Morgan fingerprint density at radius 3 is 1.94 bits per heavy atom. The van der Waals surface area contributed by atoms with E-state index in [9.17, 15) is 18.4 Å². The number of hydrogen-bond donors (Lipinski definition) is 1. The number of ether oxygens (including phenoxy) is 3. The topological polar surface area (TPSA) is 86.8 Å². The van der Waals surface area contributed by atoms with E-state index in [4.69, 9.17) is 14.2 Å². The number of pyridine rings is 1. The fourth-order valence-corrected chi connectivity index (χ4v) is 3.63. The molecule has 184 valence electrons. The third-order valence-corrected chi connectivity index (χ3v) is 5.27.